The first-order valence-corrected chi connectivity index (χ1v) is 9.30. The van der Waals surface area contributed by atoms with E-state index in [4.69, 9.17) is 10.5 Å². The van der Waals surface area contributed by atoms with Gasteiger partial charge in [-0.3, -0.25) is 4.79 Å². The summed E-state index contributed by atoms with van der Waals surface area (Å²) in [5.74, 6) is 0.934. The number of nitrogen functional groups attached to an aromatic ring is 1. The number of benzene rings is 2. The van der Waals surface area contributed by atoms with Crippen LogP contribution in [0.4, 0.5) is 11.5 Å². The largest absolute Gasteiger partial charge is 0.497 e. The van der Waals surface area contributed by atoms with Crippen LogP contribution in [0, 0.1) is 0 Å². The molecule has 2 heterocycles. The minimum Gasteiger partial charge on any atom is -0.497 e. The van der Waals surface area contributed by atoms with Crippen LogP contribution in [0.2, 0.25) is 0 Å². The smallest absolute Gasteiger partial charge is 0.247 e. The van der Waals surface area contributed by atoms with E-state index in [1.807, 2.05) is 60.1 Å². The van der Waals surface area contributed by atoms with E-state index >= 15 is 0 Å². The Labute approximate surface area is 173 Å². The van der Waals surface area contributed by atoms with Crippen LogP contribution in [0.5, 0.6) is 5.75 Å². The lowest BCUT2D eigenvalue weighted by molar-refractivity contribution is -0.111. The van der Waals surface area contributed by atoms with Gasteiger partial charge in [0, 0.05) is 18.3 Å². The molecule has 0 unspecified atom stereocenters. The molecule has 0 radical (unpaired) electrons. The van der Waals surface area contributed by atoms with Crippen LogP contribution in [0.1, 0.15) is 0 Å². The van der Waals surface area contributed by atoms with Gasteiger partial charge in [-0.15, -0.1) is 0 Å². The maximum absolute atomic E-state index is 11.6. The maximum atomic E-state index is 11.6. The van der Waals surface area contributed by atoms with Crippen molar-refractivity contribution < 1.29 is 9.53 Å². The predicted octanol–water partition coefficient (Wildman–Crippen LogP) is 4.02. The standard InChI is InChI=1S/C23H21N5O2/c1-4-18(29)27-16-9-5-15(6-10-16)21-19(14-7-11-17(30-3)12-8-14)20-22(24)25-13-26-23(20)28(21)2/h4-13H,1H2,2-3H3,(H,27,29)(H2,24,25,26). The third-order valence-corrected chi connectivity index (χ3v) is 4.99. The Morgan fingerprint density at radius 3 is 2.40 bits per heavy atom. The van der Waals surface area contributed by atoms with Crippen LogP contribution in [-0.2, 0) is 11.8 Å². The Morgan fingerprint density at radius 2 is 1.77 bits per heavy atom. The predicted molar refractivity (Wildman–Crippen MR) is 119 cm³/mol. The number of aryl methyl sites for hydroxylation is 1. The van der Waals surface area contributed by atoms with Crippen molar-refractivity contribution in [2.24, 2.45) is 7.05 Å². The maximum Gasteiger partial charge on any atom is 0.247 e. The van der Waals surface area contributed by atoms with Gasteiger partial charge in [-0.05, 0) is 41.5 Å². The molecule has 0 bridgehead atoms. The summed E-state index contributed by atoms with van der Waals surface area (Å²) in [6.07, 6.45) is 2.70. The molecule has 0 saturated heterocycles. The third-order valence-electron chi connectivity index (χ3n) is 4.99. The van der Waals surface area contributed by atoms with Crippen LogP contribution >= 0.6 is 0 Å². The molecule has 0 aliphatic carbocycles. The molecule has 0 aliphatic rings. The number of nitrogens with two attached hydrogens (primary N) is 1. The number of anilines is 2. The van der Waals surface area contributed by atoms with Crippen LogP contribution in [0.15, 0.2) is 67.5 Å². The summed E-state index contributed by atoms with van der Waals surface area (Å²) in [7, 11) is 3.58. The zero-order valence-electron chi connectivity index (χ0n) is 16.7. The van der Waals surface area contributed by atoms with Crippen LogP contribution in [-0.4, -0.2) is 27.6 Å². The van der Waals surface area contributed by atoms with Crippen molar-refractivity contribution in [3.8, 4) is 28.1 Å². The summed E-state index contributed by atoms with van der Waals surface area (Å²) in [4.78, 5) is 20.2. The molecule has 4 rings (SSSR count). The molecule has 2 aromatic carbocycles. The number of ether oxygens (including phenoxy) is 1. The minimum absolute atomic E-state index is 0.255. The summed E-state index contributed by atoms with van der Waals surface area (Å²) in [5, 5.41) is 3.56. The van der Waals surface area contributed by atoms with Crippen LogP contribution in [0.25, 0.3) is 33.4 Å². The molecule has 0 aliphatic heterocycles. The molecule has 3 N–H and O–H groups in total. The number of fused-ring (bicyclic) bond motifs is 1. The summed E-state index contributed by atoms with van der Waals surface area (Å²) in [6, 6.07) is 15.4. The number of nitrogens with zero attached hydrogens (tertiary/aromatic N) is 3. The molecule has 150 valence electrons. The monoisotopic (exact) mass is 399 g/mol. The van der Waals surface area contributed by atoms with Gasteiger partial charge in [0.1, 0.15) is 23.5 Å². The molecule has 2 aromatic heterocycles. The lowest BCUT2D eigenvalue weighted by atomic mass is 9.98. The molecule has 0 saturated carbocycles. The van der Waals surface area contributed by atoms with E-state index in [9.17, 15) is 4.79 Å². The van der Waals surface area contributed by atoms with Crippen molar-refractivity contribution >= 4 is 28.4 Å². The quantitative estimate of drug-likeness (QED) is 0.494. The molecule has 7 heteroatoms. The Hall–Kier alpha value is -4.13. The Morgan fingerprint density at radius 1 is 1.10 bits per heavy atom. The highest BCUT2D eigenvalue weighted by molar-refractivity contribution is 6.08. The average molecular weight is 399 g/mol. The number of rotatable bonds is 5. The zero-order valence-corrected chi connectivity index (χ0v) is 16.7. The van der Waals surface area contributed by atoms with Gasteiger partial charge >= 0.3 is 0 Å². The second-order valence-corrected chi connectivity index (χ2v) is 6.74. The van der Waals surface area contributed by atoms with Crippen LogP contribution < -0.4 is 15.8 Å². The van der Waals surface area contributed by atoms with Gasteiger partial charge in [-0.1, -0.05) is 30.8 Å². The summed E-state index contributed by atoms with van der Waals surface area (Å²) >= 11 is 0. The number of methoxy groups -OCH3 is 1. The van der Waals surface area contributed by atoms with Crippen LogP contribution in [0.3, 0.4) is 0 Å². The fraction of sp³-hybridized carbons (Fsp3) is 0.0870. The molecule has 4 aromatic rings. The van der Waals surface area contributed by atoms with E-state index in [-0.39, 0.29) is 5.91 Å². The molecule has 0 fully saturated rings. The normalized spacial score (nSPS) is 10.7. The topological polar surface area (TPSA) is 95.1 Å². The molecular formula is C23H21N5O2. The SMILES string of the molecule is C=CC(=O)Nc1ccc(-c2c(-c3ccc(OC)cc3)c3c(N)ncnc3n2C)cc1. The minimum atomic E-state index is -0.255. The van der Waals surface area contributed by atoms with Crippen molar-refractivity contribution in [2.75, 3.05) is 18.2 Å². The van der Waals surface area contributed by atoms with E-state index in [1.165, 1.54) is 12.4 Å². The first kappa shape index (κ1) is 19.2. The number of aromatic nitrogens is 3. The lowest BCUT2D eigenvalue weighted by Crippen LogP contribution is -2.06. The van der Waals surface area contributed by atoms with Crippen molar-refractivity contribution in [2.45, 2.75) is 0 Å². The highest BCUT2D eigenvalue weighted by Crippen LogP contribution is 2.42. The van der Waals surface area contributed by atoms with E-state index in [1.54, 1.807) is 7.11 Å². The number of carbonyl (C=O) groups is 1. The van der Waals surface area contributed by atoms with E-state index in [0.29, 0.717) is 11.5 Å². The van der Waals surface area contributed by atoms with Gasteiger partial charge in [0.2, 0.25) is 5.91 Å². The fourth-order valence-corrected chi connectivity index (χ4v) is 3.56. The van der Waals surface area contributed by atoms with Gasteiger partial charge in [-0.25, -0.2) is 9.97 Å². The zero-order chi connectivity index (χ0) is 21.3. The highest BCUT2D eigenvalue weighted by atomic mass is 16.5. The molecular weight excluding hydrogens is 378 g/mol. The van der Waals surface area contributed by atoms with Gasteiger partial charge in [-0.2, -0.15) is 0 Å². The van der Waals surface area contributed by atoms with Crippen molar-refractivity contribution in [3.63, 3.8) is 0 Å². The number of nitrogens with one attached hydrogen (secondary N) is 1. The van der Waals surface area contributed by atoms with Crippen molar-refractivity contribution in [1.82, 2.24) is 14.5 Å². The van der Waals surface area contributed by atoms with E-state index < -0.39 is 0 Å². The molecule has 7 nitrogen and oxygen atoms in total. The summed E-state index contributed by atoms with van der Waals surface area (Å²) in [5.41, 5.74) is 11.5. The Kier molecular flexibility index (Phi) is 4.93. The van der Waals surface area contributed by atoms with Crippen molar-refractivity contribution in [3.05, 3.63) is 67.5 Å². The second-order valence-electron chi connectivity index (χ2n) is 6.74. The molecule has 0 atom stereocenters. The Balaban J connectivity index is 1.93. The number of amides is 1. The highest BCUT2D eigenvalue weighted by Gasteiger charge is 2.21. The van der Waals surface area contributed by atoms with Gasteiger partial charge in [0.25, 0.3) is 0 Å². The van der Waals surface area contributed by atoms with Crippen molar-refractivity contribution in [1.29, 1.82) is 0 Å². The summed E-state index contributed by atoms with van der Waals surface area (Å²) < 4.78 is 7.30. The van der Waals surface area contributed by atoms with Gasteiger partial charge in [0.05, 0.1) is 18.2 Å². The molecule has 0 spiro atoms. The fourth-order valence-electron chi connectivity index (χ4n) is 3.56. The van der Waals surface area contributed by atoms with Gasteiger partial charge in [0.15, 0.2) is 0 Å². The number of carbonyl (C=O) groups excluding carboxylic acids is 1. The number of hydrogen-bond donors (Lipinski definition) is 2. The first-order valence-electron chi connectivity index (χ1n) is 9.30. The molecule has 30 heavy (non-hydrogen) atoms. The van der Waals surface area contributed by atoms with Gasteiger partial charge < -0.3 is 20.4 Å². The molecule has 1 amide bonds. The van der Waals surface area contributed by atoms with E-state index in [2.05, 4.69) is 21.9 Å². The average Bonchev–Trinajstić information content (AvgIpc) is 3.08. The lowest BCUT2D eigenvalue weighted by Gasteiger charge is -2.10. The third kappa shape index (κ3) is 3.26. The summed E-state index contributed by atoms with van der Waals surface area (Å²) in [6.45, 7) is 3.47. The Bertz CT molecular complexity index is 1240. The van der Waals surface area contributed by atoms with E-state index in [0.717, 1.165) is 39.2 Å². The second kappa shape index (κ2) is 7.71. The first-order chi connectivity index (χ1) is 14.5. The number of hydrogen-bond acceptors (Lipinski definition) is 5.